The molecule has 0 aliphatic carbocycles. The summed E-state index contributed by atoms with van der Waals surface area (Å²) in [5, 5.41) is 2.50. The number of likely N-dealkylation sites (tertiary alicyclic amines) is 1. The molecule has 0 saturated carbocycles. The molecule has 2 aliphatic heterocycles. The van der Waals surface area contributed by atoms with Crippen LogP contribution in [0, 0.1) is 5.92 Å². The number of thioether (sulfide) groups is 1. The number of amides is 5. The van der Waals surface area contributed by atoms with Gasteiger partial charge in [0.1, 0.15) is 0 Å². The van der Waals surface area contributed by atoms with Crippen LogP contribution in [0.4, 0.5) is 9.59 Å². The van der Waals surface area contributed by atoms with Crippen molar-refractivity contribution in [3.63, 3.8) is 0 Å². The largest absolute Gasteiger partial charge is 0.354 e. The first-order valence-electron chi connectivity index (χ1n) is 9.91. The van der Waals surface area contributed by atoms with Gasteiger partial charge in [-0.2, -0.15) is 0 Å². The number of carbonyl (C=O) groups is 4. The van der Waals surface area contributed by atoms with Crippen LogP contribution in [-0.4, -0.2) is 78.1 Å². The van der Waals surface area contributed by atoms with Crippen LogP contribution in [0.15, 0.2) is 35.2 Å². The molecule has 0 aromatic heterocycles. The summed E-state index contributed by atoms with van der Waals surface area (Å²) >= 11 is 0.913. The quantitative estimate of drug-likeness (QED) is 0.724. The Labute approximate surface area is 180 Å². The summed E-state index contributed by atoms with van der Waals surface area (Å²) in [5.74, 6) is -0.596. The summed E-state index contributed by atoms with van der Waals surface area (Å²) in [7, 11) is 3.42. The van der Waals surface area contributed by atoms with Crippen LogP contribution < -0.4 is 5.32 Å². The smallest absolute Gasteiger partial charge is 0.319 e. The first-order valence-corrected chi connectivity index (χ1v) is 10.7. The van der Waals surface area contributed by atoms with Gasteiger partial charge in [0.05, 0.1) is 4.91 Å². The van der Waals surface area contributed by atoms with Crippen LogP contribution in [0.3, 0.4) is 0 Å². The van der Waals surface area contributed by atoms with E-state index in [0.29, 0.717) is 30.8 Å². The van der Waals surface area contributed by atoms with Crippen molar-refractivity contribution in [3.8, 4) is 0 Å². The molecule has 5 amide bonds. The molecule has 0 bridgehead atoms. The lowest BCUT2D eigenvalue weighted by molar-refractivity contribution is -0.127. The molecule has 0 spiro atoms. The Morgan fingerprint density at radius 2 is 1.83 bits per heavy atom. The number of urea groups is 1. The third-order valence-electron chi connectivity index (χ3n) is 5.12. The van der Waals surface area contributed by atoms with E-state index in [1.54, 1.807) is 25.1 Å². The van der Waals surface area contributed by atoms with E-state index in [9.17, 15) is 19.2 Å². The van der Waals surface area contributed by atoms with E-state index >= 15 is 0 Å². The second kappa shape index (κ2) is 9.80. The molecule has 8 nitrogen and oxygen atoms in total. The molecule has 0 radical (unpaired) electrons. The monoisotopic (exact) mass is 430 g/mol. The highest BCUT2D eigenvalue weighted by atomic mass is 32.2. The number of hydrogen-bond donors (Lipinski definition) is 1. The van der Waals surface area contributed by atoms with E-state index in [0.717, 1.165) is 22.2 Å². The van der Waals surface area contributed by atoms with Gasteiger partial charge in [-0.1, -0.05) is 30.3 Å². The van der Waals surface area contributed by atoms with Crippen molar-refractivity contribution in [2.24, 2.45) is 5.92 Å². The number of piperidine rings is 1. The molecule has 0 atom stereocenters. The summed E-state index contributed by atoms with van der Waals surface area (Å²) in [6.07, 6.45) is 2.91. The van der Waals surface area contributed by atoms with E-state index in [1.165, 1.54) is 4.90 Å². The maximum absolute atomic E-state index is 12.5. The minimum Gasteiger partial charge on any atom is -0.354 e. The Hall–Kier alpha value is -2.81. The third-order valence-corrected chi connectivity index (χ3v) is 6.03. The number of nitrogens with one attached hydrogen (secondary N) is 1. The van der Waals surface area contributed by atoms with Crippen LogP contribution in [-0.2, 0) is 9.59 Å². The van der Waals surface area contributed by atoms with Crippen molar-refractivity contribution in [2.75, 3.05) is 40.3 Å². The van der Waals surface area contributed by atoms with E-state index in [1.807, 2.05) is 30.3 Å². The van der Waals surface area contributed by atoms with Gasteiger partial charge in [0.2, 0.25) is 5.91 Å². The lowest BCUT2D eigenvalue weighted by Gasteiger charge is -2.33. The zero-order valence-corrected chi connectivity index (χ0v) is 18.0. The van der Waals surface area contributed by atoms with Gasteiger partial charge in [0.25, 0.3) is 11.1 Å². The van der Waals surface area contributed by atoms with Crippen LogP contribution >= 0.6 is 11.8 Å². The molecule has 2 aliphatic rings. The molecule has 160 valence electrons. The molecule has 2 heterocycles. The van der Waals surface area contributed by atoms with Gasteiger partial charge in [-0.3, -0.25) is 19.3 Å². The molecular weight excluding hydrogens is 404 g/mol. The molecule has 2 saturated heterocycles. The van der Waals surface area contributed by atoms with Crippen molar-refractivity contribution < 1.29 is 19.2 Å². The number of hydrogen-bond acceptors (Lipinski definition) is 5. The number of nitrogens with zero attached hydrogens (tertiary/aromatic N) is 3. The zero-order chi connectivity index (χ0) is 21.7. The molecule has 0 unspecified atom stereocenters. The highest BCUT2D eigenvalue weighted by Gasteiger charge is 2.35. The van der Waals surface area contributed by atoms with Gasteiger partial charge in [-0.15, -0.1) is 0 Å². The molecule has 9 heteroatoms. The third kappa shape index (κ3) is 5.21. The second-order valence-corrected chi connectivity index (χ2v) is 8.47. The number of imide groups is 1. The van der Waals surface area contributed by atoms with Gasteiger partial charge in [-0.25, -0.2) is 4.79 Å². The molecule has 2 fully saturated rings. The van der Waals surface area contributed by atoms with E-state index in [4.69, 9.17) is 0 Å². The lowest BCUT2D eigenvalue weighted by atomic mass is 9.96. The Balaban J connectivity index is 1.45. The van der Waals surface area contributed by atoms with E-state index in [-0.39, 0.29) is 42.1 Å². The highest BCUT2D eigenvalue weighted by molar-refractivity contribution is 8.18. The Kier molecular flexibility index (Phi) is 7.15. The van der Waals surface area contributed by atoms with Crippen molar-refractivity contribution in [2.45, 2.75) is 12.8 Å². The molecule has 1 aromatic carbocycles. The predicted molar refractivity (Wildman–Crippen MR) is 116 cm³/mol. The minimum absolute atomic E-state index is 0.0446. The van der Waals surface area contributed by atoms with Crippen molar-refractivity contribution in [1.29, 1.82) is 0 Å². The molecule has 1 aromatic rings. The van der Waals surface area contributed by atoms with Crippen LogP contribution in [0.25, 0.3) is 6.08 Å². The summed E-state index contributed by atoms with van der Waals surface area (Å²) < 4.78 is 0. The number of benzene rings is 1. The first-order chi connectivity index (χ1) is 14.4. The topological polar surface area (TPSA) is 90.0 Å². The van der Waals surface area contributed by atoms with Gasteiger partial charge < -0.3 is 15.1 Å². The SMILES string of the molecule is CN(C)C(=O)N1CCC(C(=O)NCCN2C(=O)S/C(=C\c3ccccc3)C2=O)CC1. The Bertz CT molecular complexity index is 848. The van der Waals surface area contributed by atoms with Crippen LogP contribution in [0.2, 0.25) is 0 Å². The summed E-state index contributed by atoms with van der Waals surface area (Å²) in [4.78, 5) is 53.9. The fraction of sp³-hybridized carbons (Fsp3) is 0.429. The van der Waals surface area contributed by atoms with Gasteiger partial charge in [0, 0.05) is 46.2 Å². The summed E-state index contributed by atoms with van der Waals surface area (Å²) in [6, 6.07) is 9.31. The maximum Gasteiger partial charge on any atom is 0.319 e. The lowest BCUT2D eigenvalue weighted by Crippen LogP contribution is -2.47. The summed E-state index contributed by atoms with van der Waals surface area (Å²) in [6.45, 7) is 1.44. The van der Waals surface area contributed by atoms with E-state index < -0.39 is 0 Å². The predicted octanol–water partition coefficient (Wildman–Crippen LogP) is 2.23. The molecule has 3 rings (SSSR count). The zero-order valence-electron chi connectivity index (χ0n) is 17.2. The van der Waals surface area contributed by atoms with Gasteiger partial charge >= 0.3 is 6.03 Å². The van der Waals surface area contributed by atoms with Crippen LogP contribution in [0.5, 0.6) is 0 Å². The highest BCUT2D eigenvalue weighted by Crippen LogP contribution is 2.31. The number of rotatable bonds is 5. The normalized spacial score (nSPS) is 18.8. The fourth-order valence-electron chi connectivity index (χ4n) is 3.44. The van der Waals surface area contributed by atoms with Gasteiger partial charge in [0.15, 0.2) is 0 Å². The van der Waals surface area contributed by atoms with Crippen molar-refractivity contribution >= 4 is 40.9 Å². The van der Waals surface area contributed by atoms with Gasteiger partial charge in [-0.05, 0) is 36.2 Å². The number of carbonyl (C=O) groups excluding carboxylic acids is 4. The fourth-order valence-corrected chi connectivity index (χ4v) is 4.31. The molecule has 1 N–H and O–H groups in total. The standard InChI is InChI=1S/C21H26N4O4S/c1-23(2)20(28)24-11-8-16(9-12-24)18(26)22-10-13-25-19(27)17(30-21(25)29)14-15-6-4-3-5-7-15/h3-7,14,16H,8-13H2,1-2H3,(H,22,26)/b17-14-. The second-order valence-electron chi connectivity index (χ2n) is 7.47. The van der Waals surface area contributed by atoms with Crippen molar-refractivity contribution in [3.05, 3.63) is 40.8 Å². The van der Waals surface area contributed by atoms with Crippen molar-refractivity contribution in [1.82, 2.24) is 20.0 Å². The average Bonchev–Trinajstić information content (AvgIpc) is 3.01. The first kappa shape index (κ1) is 21.9. The summed E-state index contributed by atoms with van der Waals surface area (Å²) in [5.41, 5.74) is 0.857. The molecule has 30 heavy (non-hydrogen) atoms. The maximum atomic E-state index is 12.5. The molecular formula is C21H26N4O4S. The Morgan fingerprint density at radius 3 is 2.47 bits per heavy atom. The minimum atomic E-state index is -0.335. The average molecular weight is 431 g/mol. The van der Waals surface area contributed by atoms with E-state index in [2.05, 4.69) is 5.32 Å². The Morgan fingerprint density at radius 1 is 1.17 bits per heavy atom. The van der Waals surface area contributed by atoms with Crippen LogP contribution in [0.1, 0.15) is 18.4 Å².